The van der Waals surface area contributed by atoms with Crippen molar-refractivity contribution in [3.05, 3.63) is 162 Å². The van der Waals surface area contributed by atoms with Crippen molar-refractivity contribution in [1.82, 2.24) is 29.9 Å². The van der Waals surface area contributed by atoms with Crippen LogP contribution in [-0.4, -0.2) is 46.7 Å². The fraction of sp³-hybridized carbons (Fsp3) is 0.0811. The average molecular weight is 686 g/mol. The number of carboxylic acids is 1. The highest BCUT2D eigenvalue weighted by atomic mass is 16.5. The molecule has 0 unspecified atom stereocenters. The van der Waals surface area contributed by atoms with E-state index in [2.05, 4.69) is 32.6 Å². The lowest BCUT2D eigenvalue weighted by Crippen LogP contribution is -2.03. The van der Waals surface area contributed by atoms with Crippen LogP contribution in [0.5, 0.6) is 0 Å². The third kappa shape index (κ3) is 9.45. The molecule has 0 fully saturated rings. The number of benzene rings is 2. The number of aromatic carboxylic acids is 1. The van der Waals surface area contributed by atoms with Gasteiger partial charge in [-0.3, -0.25) is 14.2 Å². The molecule has 51 heavy (non-hydrogen) atoms. The first-order valence-corrected chi connectivity index (χ1v) is 15.5. The van der Waals surface area contributed by atoms with Crippen LogP contribution in [0.3, 0.4) is 0 Å². The van der Waals surface area contributed by atoms with Crippen LogP contribution < -0.4 is 5.73 Å². The Hall–Kier alpha value is -7.22. The minimum absolute atomic E-state index is 0.124. The number of aromatic nitrogens is 6. The molecule has 0 aliphatic carbocycles. The Morgan fingerprint density at radius 3 is 1.65 bits per heavy atom. The van der Waals surface area contributed by atoms with Crippen LogP contribution >= 0.6 is 0 Å². The van der Waals surface area contributed by atoms with Gasteiger partial charge in [-0.2, -0.15) is 10.2 Å². The van der Waals surface area contributed by atoms with Gasteiger partial charge in [0.1, 0.15) is 0 Å². The normalized spacial score (nSPS) is 10.5. The average Bonchev–Trinajstić information content (AvgIpc) is 3.98. The van der Waals surface area contributed by atoms with Gasteiger partial charge in [0.05, 0.1) is 43.7 Å². The molecule has 8 aromatic rings. The van der Waals surface area contributed by atoms with E-state index in [1.807, 2.05) is 70.3 Å². The summed E-state index contributed by atoms with van der Waals surface area (Å²) in [4.78, 5) is 22.8. The van der Waals surface area contributed by atoms with Crippen LogP contribution in [0.1, 0.15) is 37.7 Å². The quantitative estimate of drug-likeness (QED) is 0.144. The molecule has 0 aliphatic rings. The van der Waals surface area contributed by atoms with Crippen LogP contribution in [0.4, 0.5) is 5.69 Å². The van der Waals surface area contributed by atoms with Crippen molar-refractivity contribution in [2.45, 2.75) is 19.5 Å². The van der Waals surface area contributed by atoms with E-state index in [4.69, 9.17) is 28.7 Å². The molecular weight excluding hydrogens is 654 g/mol. The number of carboxylic acid groups (broad SMARTS) is 1. The zero-order valence-electron chi connectivity index (χ0n) is 27.0. The first-order valence-electron chi connectivity index (χ1n) is 15.5. The number of rotatable bonds is 10. The van der Waals surface area contributed by atoms with Crippen molar-refractivity contribution in [2.24, 2.45) is 0 Å². The molecule has 8 rings (SSSR count). The number of hydrogen-bond acceptors (Lipinski definition) is 11. The molecule has 0 saturated heterocycles. The number of furan rings is 2. The van der Waals surface area contributed by atoms with E-state index in [1.54, 1.807) is 49.0 Å². The lowest BCUT2D eigenvalue weighted by molar-refractivity contribution is 0.0685. The second kappa shape index (κ2) is 16.3. The van der Waals surface area contributed by atoms with Gasteiger partial charge in [0, 0.05) is 30.9 Å². The Kier molecular flexibility index (Phi) is 10.7. The van der Waals surface area contributed by atoms with Gasteiger partial charge in [-0.05, 0) is 41.0 Å². The number of nitrogen functional groups attached to an aromatic ring is 1. The number of carbonyl (C=O) groups is 2. The molecule has 0 radical (unpaired) electrons. The summed E-state index contributed by atoms with van der Waals surface area (Å²) in [5.41, 5.74) is 9.62. The second-order valence-corrected chi connectivity index (χ2v) is 11.0. The first kappa shape index (κ1) is 33.7. The molecule has 6 aromatic heterocycles. The highest BCUT2D eigenvalue weighted by molar-refractivity contribution is 5.96. The van der Waals surface area contributed by atoms with Crippen molar-refractivity contribution in [3.63, 3.8) is 0 Å². The Morgan fingerprint density at radius 1 is 0.627 bits per heavy atom. The summed E-state index contributed by atoms with van der Waals surface area (Å²) in [6, 6.07) is 29.9. The summed E-state index contributed by atoms with van der Waals surface area (Å²) >= 11 is 0. The van der Waals surface area contributed by atoms with E-state index in [1.165, 1.54) is 17.9 Å². The Labute approximate surface area is 290 Å². The SMILES string of the molecule is Nc1cnn(Cc2ccccc2)c1.O=C(Cc1cnn(Cc2ccccc2)c1)c1cc(-c2ccco2)on1.O=C(O)c1cc(-c2ccco2)on1. The molecule has 14 heteroatoms. The van der Waals surface area contributed by atoms with Gasteiger partial charge in [0.25, 0.3) is 0 Å². The smallest absolute Gasteiger partial charge is 0.358 e. The standard InChI is InChI=1S/C19H15N3O3.C10H11N3.C8H5NO4/c23-17(16-10-19(25-21-16)18-7-4-8-24-18)9-15-11-20-22(13-15)12-14-5-2-1-3-6-14;11-10-6-12-13(8-10)7-9-4-2-1-3-5-9;10-8(11)5-4-7(13-9-5)6-2-1-3-12-6/h1-8,10-11,13H,9,12H2;1-6,8H,7,11H2;1-4H,(H,10,11). The molecule has 0 aliphatic heterocycles. The summed E-state index contributed by atoms with van der Waals surface area (Å²) in [5.74, 6) is 0.500. The van der Waals surface area contributed by atoms with E-state index in [-0.39, 0.29) is 23.6 Å². The minimum Gasteiger partial charge on any atom is -0.476 e. The van der Waals surface area contributed by atoms with E-state index >= 15 is 0 Å². The molecular formula is C37H31N7O7. The topological polar surface area (TPSA) is 194 Å². The number of anilines is 1. The van der Waals surface area contributed by atoms with E-state index in [0.29, 0.717) is 35.3 Å². The molecule has 3 N–H and O–H groups in total. The minimum atomic E-state index is -1.12. The van der Waals surface area contributed by atoms with Crippen molar-refractivity contribution < 1.29 is 32.6 Å². The maximum absolute atomic E-state index is 12.4. The number of Topliss-reactive ketones (excluding diaryl/α,β-unsaturated/α-hetero) is 1. The molecule has 2 aromatic carbocycles. The van der Waals surface area contributed by atoms with Crippen molar-refractivity contribution in [3.8, 4) is 23.0 Å². The van der Waals surface area contributed by atoms with E-state index < -0.39 is 5.97 Å². The third-order valence-electron chi connectivity index (χ3n) is 7.13. The van der Waals surface area contributed by atoms with E-state index in [0.717, 1.165) is 17.7 Å². The summed E-state index contributed by atoms with van der Waals surface area (Å²) in [7, 11) is 0. The predicted molar refractivity (Wildman–Crippen MR) is 183 cm³/mol. The molecule has 0 atom stereocenters. The third-order valence-corrected chi connectivity index (χ3v) is 7.13. The van der Waals surface area contributed by atoms with Crippen LogP contribution in [0.15, 0.2) is 152 Å². The number of nitrogens with two attached hydrogens (primary N) is 1. The summed E-state index contributed by atoms with van der Waals surface area (Å²) in [5, 5.41) is 24.1. The van der Waals surface area contributed by atoms with E-state index in [9.17, 15) is 9.59 Å². The van der Waals surface area contributed by atoms with Gasteiger partial charge in [-0.15, -0.1) is 0 Å². The molecule has 6 heterocycles. The maximum atomic E-state index is 12.4. The lowest BCUT2D eigenvalue weighted by atomic mass is 10.1. The van der Waals surface area contributed by atoms with Gasteiger partial charge in [0.15, 0.2) is 28.7 Å². The Bertz CT molecular complexity index is 2250. The van der Waals surface area contributed by atoms with Crippen LogP contribution in [0.25, 0.3) is 23.0 Å². The Balaban J connectivity index is 0.000000145. The molecule has 14 nitrogen and oxygen atoms in total. The Morgan fingerprint density at radius 2 is 1.16 bits per heavy atom. The monoisotopic (exact) mass is 685 g/mol. The zero-order chi connectivity index (χ0) is 35.4. The first-order chi connectivity index (χ1) is 24.9. The number of hydrogen-bond donors (Lipinski definition) is 2. The van der Waals surface area contributed by atoms with Crippen LogP contribution in [0, 0.1) is 0 Å². The fourth-order valence-corrected chi connectivity index (χ4v) is 4.72. The van der Waals surface area contributed by atoms with Gasteiger partial charge < -0.3 is 28.7 Å². The highest BCUT2D eigenvalue weighted by Crippen LogP contribution is 2.22. The molecule has 0 amide bonds. The summed E-state index contributed by atoms with van der Waals surface area (Å²) in [6.07, 6.45) is 10.3. The molecule has 0 saturated carbocycles. The highest BCUT2D eigenvalue weighted by Gasteiger charge is 2.17. The number of nitrogens with zero attached hydrogens (tertiary/aromatic N) is 6. The predicted octanol–water partition coefficient (Wildman–Crippen LogP) is 6.75. The van der Waals surface area contributed by atoms with Crippen molar-refractivity contribution >= 4 is 17.4 Å². The van der Waals surface area contributed by atoms with Crippen LogP contribution in [0.2, 0.25) is 0 Å². The number of carbonyl (C=O) groups excluding carboxylic acids is 1. The lowest BCUT2D eigenvalue weighted by Gasteiger charge is -2.00. The zero-order valence-corrected chi connectivity index (χ0v) is 27.0. The second-order valence-electron chi connectivity index (χ2n) is 11.0. The van der Waals surface area contributed by atoms with Gasteiger partial charge in [0.2, 0.25) is 11.5 Å². The number of ketones is 1. The fourth-order valence-electron chi connectivity index (χ4n) is 4.72. The van der Waals surface area contributed by atoms with Crippen LogP contribution in [-0.2, 0) is 19.5 Å². The maximum Gasteiger partial charge on any atom is 0.358 e. The molecule has 256 valence electrons. The molecule has 0 spiro atoms. The summed E-state index contributed by atoms with van der Waals surface area (Å²) < 4.78 is 23.8. The van der Waals surface area contributed by atoms with Gasteiger partial charge in [-0.25, -0.2) is 4.79 Å². The molecule has 0 bridgehead atoms. The van der Waals surface area contributed by atoms with Gasteiger partial charge in [-0.1, -0.05) is 71.0 Å². The van der Waals surface area contributed by atoms with Gasteiger partial charge >= 0.3 is 5.97 Å². The van der Waals surface area contributed by atoms with Crippen molar-refractivity contribution in [2.75, 3.05) is 5.73 Å². The largest absolute Gasteiger partial charge is 0.476 e. The van der Waals surface area contributed by atoms with Crippen molar-refractivity contribution in [1.29, 1.82) is 0 Å². The summed E-state index contributed by atoms with van der Waals surface area (Å²) in [6.45, 7) is 1.44.